The molecule has 4 aromatic rings. The number of carbonyl (C=O) groups excluding carboxylic acids is 1. The number of ether oxygens (including phenoxy) is 1. The highest BCUT2D eigenvalue weighted by molar-refractivity contribution is 5.98. The fourth-order valence-corrected chi connectivity index (χ4v) is 4.16. The number of nitrogens with zero attached hydrogens (tertiary/aromatic N) is 6. The summed E-state index contributed by atoms with van der Waals surface area (Å²) < 4.78 is 5.76. The molecule has 0 saturated carbocycles. The molecular formula is C25H24N6O2. The molecule has 2 aromatic carbocycles. The van der Waals surface area contributed by atoms with E-state index < -0.39 is 0 Å². The van der Waals surface area contributed by atoms with E-state index in [-0.39, 0.29) is 11.9 Å². The molecule has 1 fully saturated rings. The van der Waals surface area contributed by atoms with E-state index >= 15 is 0 Å². The van der Waals surface area contributed by atoms with Gasteiger partial charge in [0.25, 0.3) is 5.91 Å². The third kappa shape index (κ3) is 4.38. The van der Waals surface area contributed by atoms with Gasteiger partial charge in [-0.1, -0.05) is 24.3 Å². The zero-order valence-corrected chi connectivity index (χ0v) is 18.3. The molecule has 0 spiro atoms. The third-order valence-corrected chi connectivity index (χ3v) is 5.84. The Morgan fingerprint density at radius 2 is 1.82 bits per heavy atom. The monoisotopic (exact) mass is 440 g/mol. The van der Waals surface area contributed by atoms with Crippen LogP contribution in [-0.2, 0) is 11.2 Å². The second-order valence-corrected chi connectivity index (χ2v) is 7.99. The molecule has 3 heterocycles. The Bertz CT molecular complexity index is 1240. The number of morpholine rings is 1. The zero-order chi connectivity index (χ0) is 22.6. The number of aryl methyl sites for hydroxylation is 1. The van der Waals surface area contributed by atoms with E-state index in [4.69, 9.17) is 4.74 Å². The van der Waals surface area contributed by atoms with Crippen LogP contribution in [0.2, 0.25) is 0 Å². The maximum atomic E-state index is 13.6. The second-order valence-electron chi connectivity index (χ2n) is 7.99. The van der Waals surface area contributed by atoms with Crippen molar-refractivity contribution in [2.75, 3.05) is 19.8 Å². The quantitative estimate of drug-likeness (QED) is 0.474. The minimum Gasteiger partial charge on any atom is -0.377 e. The highest BCUT2D eigenvalue weighted by Gasteiger charge is 2.30. The third-order valence-electron chi connectivity index (χ3n) is 5.84. The summed E-state index contributed by atoms with van der Waals surface area (Å²) in [5.41, 5.74) is 4.45. The van der Waals surface area contributed by atoms with Crippen molar-refractivity contribution in [1.82, 2.24) is 29.9 Å². The molecule has 0 bridgehead atoms. The molecule has 1 unspecified atom stereocenters. The predicted molar refractivity (Wildman–Crippen MR) is 123 cm³/mol. The summed E-state index contributed by atoms with van der Waals surface area (Å²) in [6.45, 7) is 3.58. The summed E-state index contributed by atoms with van der Waals surface area (Å²) in [5.74, 6) is 0.653. The Balaban J connectivity index is 1.42. The molecule has 0 radical (unpaired) electrons. The lowest BCUT2D eigenvalue weighted by Gasteiger charge is -2.36. The molecular weight excluding hydrogens is 416 g/mol. The largest absolute Gasteiger partial charge is 0.377 e. The molecule has 1 atom stereocenters. The summed E-state index contributed by atoms with van der Waals surface area (Å²) in [7, 11) is 0. The van der Waals surface area contributed by atoms with Crippen molar-refractivity contribution in [3.8, 4) is 17.1 Å². The van der Waals surface area contributed by atoms with Crippen molar-refractivity contribution in [3.05, 3.63) is 90.0 Å². The predicted octanol–water partition coefficient (Wildman–Crippen LogP) is 3.12. The summed E-state index contributed by atoms with van der Waals surface area (Å²) in [5, 5.41) is 8.41. The van der Waals surface area contributed by atoms with E-state index in [0.29, 0.717) is 43.3 Å². The number of rotatable bonds is 5. The molecule has 5 rings (SSSR count). The molecule has 1 aliphatic rings. The van der Waals surface area contributed by atoms with Gasteiger partial charge in [0, 0.05) is 24.5 Å². The number of aromatic nitrogens is 5. The molecule has 33 heavy (non-hydrogen) atoms. The molecule has 8 heteroatoms. The summed E-state index contributed by atoms with van der Waals surface area (Å²) in [4.78, 5) is 25.8. The van der Waals surface area contributed by atoms with Crippen molar-refractivity contribution in [2.24, 2.45) is 0 Å². The van der Waals surface area contributed by atoms with Crippen molar-refractivity contribution >= 4 is 5.91 Å². The van der Waals surface area contributed by atoms with E-state index in [0.717, 1.165) is 16.7 Å². The van der Waals surface area contributed by atoms with Crippen molar-refractivity contribution < 1.29 is 9.53 Å². The van der Waals surface area contributed by atoms with Gasteiger partial charge < -0.3 is 9.64 Å². The van der Waals surface area contributed by atoms with Gasteiger partial charge >= 0.3 is 0 Å². The summed E-state index contributed by atoms with van der Waals surface area (Å²) in [6.07, 6.45) is 7.37. The topological polar surface area (TPSA) is 86.0 Å². The Kier molecular flexibility index (Phi) is 5.91. The van der Waals surface area contributed by atoms with E-state index in [9.17, 15) is 4.79 Å². The average molecular weight is 441 g/mol. The van der Waals surface area contributed by atoms with E-state index in [1.54, 1.807) is 24.8 Å². The normalized spacial score (nSPS) is 16.0. The lowest BCUT2D eigenvalue weighted by Crippen LogP contribution is -2.50. The van der Waals surface area contributed by atoms with Crippen LogP contribution in [0.3, 0.4) is 0 Å². The maximum absolute atomic E-state index is 13.6. The van der Waals surface area contributed by atoms with Crippen molar-refractivity contribution in [1.29, 1.82) is 0 Å². The first-order valence-corrected chi connectivity index (χ1v) is 10.9. The lowest BCUT2D eigenvalue weighted by atomic mass is 9.98. The highest BCUT2D eigenvalue weighted by atomic mass is 16.5. The Hall–Kier alpha value is -3.91. The Morgan fingerprint density at radius 3 is 2.64 bits per heavy atom. The van der Waals surface area contributed by atoms with Crippen LogP contribution in [0, 0.1) is 6.92 Å². The van der Waals surface area contributed by atoms with Crippen LogP contribution in [0.4, 0.5) is 0 Å². The fraction of sp³-hybridized carbons (Fsp3) is 0.240. The van der Waals surface area contributed by atoms with Gasteiger partial charge in [-0.05, 0) is 48.7 Å². The lowest BCUT2D eigenvalue weighted by molar-refractivity contribution is -0.00164. The van der Waals surface area contributed by atoms with Gasteiger partial charge in [-0.15, -0.1) is 0 Å². The summed E-state index contributed by atoms with van der Waals surface area (Å²) >= 11 is 0. The maximum Gasteiger partial charge on any atom is 0.256 e. The molecule has 1 aliphatic heterocycles. The number of hydrogen-bond donors (Lipinski definition) is 0. The van der Waals surface area contributed by atoms with E-state index in [1.165, 1.54) is 4.80 Å². The molecule has 1 saturated heterocycles. The number of hydrogen-bond acceptors (Lipinski definition) is 6. The van der Waals surface area contributed by atoms with Crippen LogP contribution in [0.25, 0.3) is 17.1 Å². The number of amides is 1. The first-order chi connectivity index (χ1) is 16.2. The van der Waals surface area contributed by atoms with Gasteiger partial charge in [0.15, 0.2) is 5.82 Å². The van der Waals surface area contributed by atoms with Crippen molar-refractivity contribution in [2.45, 2.75) is 19.4 Å². The molecule has 1 amide bonds. The average Bonchev–Trinajstić information content (AvgIpc) is 3.41. The number of para-hydroxylation sites is 1. The van der Waals surface area contributed by atoms with Crippen LogP contribution >= 0.6 is 0 Å². The minimum atomic E-state index is -0.0860. The van der Waals surface area contributed by atoms with Crippen LogP contribution in [0.15, 0.2) is 73.3 Å². The molecule has 166 valence electrons. The molecule has 8 nitrogen and oxygen atoms in total. The van der Waals surface area contributed by atoms with E-state index in [1.807, 2.05) is 35.2 Å². The Morgan fingerprint density at radius 1 is 1.03 bits per heavy atom. The van der Waals surface area contributed by atoms with Gasteiger partial charge in [-0.25, -0.2) is 9.97 Å². The highest BCUT2D eigenvalue weighted by Crippen LogP contribution is 2.24. The smallest absolute Gasteiger partial charge is 0.256 e. The van der Waals surface area contributed by atoms with Gasteiger partial charge in [0.05, 0.1) is 42.9 Å². The summed E-state index contributed by atoms with van der Waals surface area (Å²) in [6, 6.07) is 15.4. The second kappa shape index (κ2) is 9.30. The van der Waals surface area contributed by atoms with Gasteiger partial charge in [-0.2, -0.15) is 15.0 Å². The molecule has 0 N–H and O–H groups in total. The zero-order valence-electron chi connectivity index (χ0n) is 18.3. The number of carbonyl (C=O) groups is 1. The minimum absolute atomic E-state index is 0.0464. The Labute approximate surface area is 191 Å². The molecule has 2 aromatic heterocycles. The SMILES string of the molecule is Cc1ccc(CC2COCCN2C(=O)c2ccccc2-n2nccn2)cc1-c1ncccn1. The standard InChI is InChI=1S/C25H24N6O2/c1-18-7-8-19(16-22(18)24-26-9-4-10-27-24)15-20-17-33-14-13-30(20)25(32)21-5-2-3-6-23(21)31-28-11-12-29-31/h2-12,16,20H,13-15,17H2,1H3. The van der Waals surface area contributed by atoms with Gasteiger partial charge in [0.1, 0.15) is 0 Å². The van der Waals surface area contributed by atoms with E-state index in [2.05, 4.69) is 45.3 Å². The van der Waals surface area contributed by atoms with Crippen LogP contribution < -0.4 is 0 Å². The van der Waals surface area contributed by atoms with Crippen LogP contribution in [0.5, 0.6) is 0 Å². The van der Waals surface area contributed by atoms with Crippen LogP contribution in [-0.4, -0.2) is 61.6 Å². The van der Waals surface area contributed by atoms with Crippen molar-refractivity contribution in [3.63, 3.8) is 0 Å². The number of benzene rings is 2. The first kappa shape index (κ1) is 21.0. The van der Waals surface area contributed by atoms with Gasteiger partial charge in [0.2, 0.25) is 0 Å². The fourth-order valence-electron chi connectivity index (χ4n) is 4.16. The first-order valence-electron chi connectivity index (χ1n) is 10.9. The van der Waals surface area contributed by atoms with Crippen LogP contribution in [0.1, 0.15) is 21.5 Å². The van der Waals surface area contributed by atoms with Gasteiger partial charge in [-0.3, -0.25) is 4.79 Å². The molecule has 0 aliphatic carbocycles.